The van der Waals surface area contributed by atoms with Gasteiger partial charge in [0.15, 0.2) is 11.9 Å². The highest BCUT2D eigenvalue weighted by atomic mass is 32.2. The lowest BCUT2D eigenvalue weighted by atomic mass is 9.98. The van der Waals surface area contributed by atoms with Crippen molar-refractivity contribution in [2.24, 2.45) is 0 Å². The fraction of sp³-hybridized carbons (Fsp3) is 0.304. The van der Waals surface area contributed by atoms with Crippen molar-refractivity contribution in [2.45, 2.75) is 51.0 Å². The standard InChI is InChI=1S/C23H27N3O5S/c1-5-15(2)20-8-6-7-9-21(20)30-17(4)23(27)24-18-10-12-19(13-11-18)32(28,29)26-22-14-16(3)31-25-22/h6-15,17H,5H2,1-4H3,(H,24,27)(H,25,26). The molecule has 0 aliphatic rings. The zero-order valence-electron chi connectivity index (χ0n) is 18.5. The molecule has 2 aromatic carbocycles. The number of sulfonamides is 1. The minimum atomic E-state index is -3.83. The third-order valence-electron chi connectivity index (χ3n) is 5.03. The smallest absolute Gasteiger partial charge is 0.265 e. The van der Waals surface area contributed by atoms with E-state index in [1.807, 2.05) is 24.3 Å². The molecule has 0 radical (unpaired) electrons. The van der Waals surface area contributed by atoms with E-state index in [1.165, 1.54) is 30.3 Å². The van der Waals surface area contributed by atoms with Crippen LogP contribution in [0.25, 0.3) is 0 Å². The maximum absolute atomic E-state index is 12.6. The largest absolute Gasteiger partial charge is 0.481 e. The van der Waals surface area contributed by atoms with Gasteiger partial charge in [-0.1, -0.05) is 37.2 Å². The number of aryl methyl sites for hydroxylation is 1. The average Bonchev–Trinajstić information content (AvgIpc) is 3.17. The fourth-order valence-corrected chi connectivity index (χ4v) is 4.02. The third kappa shape index (κ3) is 5.67. The van der Waals surface area contributed by atoms with E-state index in [0.29, 0.717) is 23.1 Å². The van der Waals surface area contributed by atoms with Gasteiger partial charge in [-0.25, -0.2) is 8.42 Å². The van der Waals surface area contributed by atoms with E-state index in [9.17, 15) is 13.2 Å². The van der Waals surface area contributed by atoms with E-state index in [1.54, 1.807) is 13.8 Å². The van der Waals surface area contributed by atoms with E-state index in [4.69, 9.17) is 9.26 Å². The second-order valence-corrected chi connectivity index (χ2v) is 9.23. The van der Waals surface area contributed by atoms with Crippen LogP contribution in [0, 0.1) is 6.92 Å². The molecule has 3 rings (SSSR count). The summed E-state index contributed by atoms with van der Waals surface area (Å²) in [7, 11) is -3.83. The van der Waals surface area contributed by atoms with E-state index < -0.39 is 16.1 Å². The monoisotopic (exact) mass is 457 g/mol. The maximum atomic E-state index is 12.6. The summed E-state index contributed by atoms with van der Waals surface area (Å²) in [4.78, 5) is 12.6. The van der Waals surface area contributed by atoms with Crippen molar-refractivity contribution in [3.8, 4) is 5.75 Å². The Bertz CT molecular complexity index is 1170. The summed E-state index contributed by atoms with van der Waals surface area (Å²) >= 11 is 0. The van der Waals surface area contributed by atoms with Crippen molar-refractivity contribution in [1.82, 2.24) is 5.16 Å². The molecule has 0 aliphatic carbocycles. The first-order valence-electron chi connectivity index (χ1n) is 10.3. The van der Waals surface area contributed by atoms with Gasteiger partial charge < -0.3 is 14.6 Å². The number of nitrogens with zero attached hydrogens (tertiary/aromatic N) is 1. The second-order valence-electron chi connectivity index (χ2n) is 7.55. The van der Waals surface area contributed by atoms with Gasteiger partial charge in [0.1, 0.15) is 11.5 Å². The van der Waals surface area contributed by atoms with E-state index in [-0.39, 0.29) is 16.6 Å². The Morgan fingerprint density at radius 2 is 1.81 bits per heavy atom. The van der Waals surface area contributed by atoms with Crippen LogP contribution in [0.2, 0.25) is 0 Å². The van der Waals surface area contributed by atoms with Crippen LogP contribution in [-0.4, -0.2) is 25.6 Å². The highest BCUT2D eigenvalue weighted by Crippen LogP contribution is 2.29. The molecule has 3 aromatic rings. The van der Waals surface area contributed by atoms with Crippen LogP contribution in [0.4, 0.5) is 11.5 Å². The zero-order chi connectivity index (χ0) is 23.3. The summed E-state index contributed by atoms with van der Waals surface area (Å²) in [5.41, 5.74) is 1.51. The quantitative estimate of drug-likeness (QED) is 0.482. The van der Waals surface area contributed by atoms with Crippen molar-refractivity contribution in [3.05, 3.63) is 65.9 Å². The molecule has 0 saturated heterocycles. The Hall–Kier alpha value is -3.33. The molecule has 8 nitrogen and oxygen atoms in total. The van der Waals surface area contributed by atoms with Crippen molar-refractivity contribution in [2.75, 3.05) is 10.0 Å². The van der Waals surface area contributed by atoms with Crippen LogP contribution in [0.15, 0.2) is 64.0 Å². The SMILES string of the molecule is CCC(C)c1ccccc1OC(C)C(=O)Nc1ccc(S(=O)(=O)Nc2cc(C)on2)cc1. The molecule has 1 amide bonds. The summed E-state index contributed by atoms with van der Waals surface area (Å²) in [6.45, 7) is 7.55. The van der Waals surface area contributed by atoms with Gasteiger partial charge in [-0.2, -0.15) is 0 Å². The third-order valence-corrected chi connectivity index (χ3v) is 6.40. The van der Waals surface area contributed by atoms with Gasteiger partial charge in [0, 0.05) is 11.8 Å². The Balaban J connectivity index is 1.64. The highest BCUT2D eigenvalue weighted by Gasteiger charge is 2.19. The van der Waals surface area contributed by atoms with Crippen molar-refractivity contribution < 1.29 is 22.5 Å². The van der Waals surface area contributed by atoms with Gasteiger partial charge in [0.2, 0.25) is 0 Å². The summed E-state index contributed by atoms with van der Waals surface area (Å²) in [5, 5.41) is 6.37. The van der Waals surface area contributed by atoms with Gasteiger partial charge in [0.05, 0.1) is 4.90 Å². The first-order valence-corrected chi connectivity index (χ1v) is 11.8. The lowest BCUT2D eigenvalue weighted by molar-refractivity contribution is -0.122. The molecule has 2 unspecified atom stereocenters. The number of ether oxygens (including phenoxy) is 1. The summed E-state index contributed by atoms with van der Waals surface area (Å²) in [6, 6.07) is 15.0. The van der Waals surface area contributed by atoms with Gasteiger partial charge in [0.25, 0.3) is 15.9 Å². The molecule has 9 heteroatoms. The number of anilines is 2. The molecule has 2 N–H and O–H groups in total. The minimum Gasteiger partial charge on any atom is -0.481 e. The Morgan fingerprint density at radius 3 is 2.44 bits per heavy atom. The van der Waals surface area contributed by atoms with Crippen molar-refractivity contribution in [3.63, 3.8) is 0 Å². The van der Waals surface area contributed by atoms with Gasteiger partial charge in [-0.05, 0) is 62.1 Å². The van der Waals surface area contributed by atoms with Gasteiger partial charge >= 0.3 is 0 Å². The zero-order valence-corrected chi connectivity index (χ0v) is 19.3. The molecule has 170 valence electrons. The topological polar surface area (TPSA) is 111 Å². The van der Waals surface area contributed by atoms with Crippen LogP contribution < -0.4 is 14.8 Å². The van der Waals surface area contributed by atoms with Gasteiger partial charge in [-0.15, -0.1) is 0 Å². The predicted octanol–water partition coefficient (Wildman–Crippen LogP) is 4.70. The van der Waals surface area contributed by atoms with Crippen LogP contribution in [0.5, 0.6) is 5.75 Å². The molecule has 2 atom stereocenters. The van der Waals surface area contributed by atoms with E-state index >= 15 is 0 Å². The first-order chi connectivity index (χ1) is 15.2. The Labute approximate surface area is 188 Å². The van der Waals surface area contributed by atoms with Crippen LogP contribution >= 0.6 is 0 Å². The number of nitrogens with one attached hydrogen (secondary N) is 2. The number of carbonyl (C=O) groups is 1. The number of hydrogen-bond donors (Lipinski definition) is 2. The average molecular weight is 458 g/mol. The lowest BCUT2D eigenvalue weighted by Gasteiger charge is -2.19. The summed E-state index contributed by atoms with van der Waals surface area (Å²) in [5.74, 6) is 1.24. The molecule has 0 spiro atoms. The van der Waals surface area contributed by atoms with Crippen LogP contribution in [-0.2, 0) is 14.8 Å². The molecule has 0 aliphatic heterocycles. The predicted molar refractivity (Wildman–Crippen MR) is 122 cm³/mol. The van der Waals surface area contributed by atoms with E-state index in [2.05, 4.69) is 29.0 Å². The normalized spacial score (nSPS) is 13.2. The molecule has 0 bridgehead atoms. The molecular weight excluding hydrogens is 430 g/mol. The number of hydrogen-bond acceptors (Lipinski definition) is 6. The number of aromatic nitrogens is 1. The number of para-hydroxylation sites is 1. The molecule has 32 heavy (non-hydrogen) atoms. The number of rotatable bonds is 9. The highest BCUT2D eigenvalue weighted by molar-refractivity contribution is 7.92. The molecular formula is C23H27N3O5S. The maximum Gasteiger partial charge on any atom is 0.265 e. The number of carbonyl (C=O) groups excluding carboxylic acids is 1. The molecule has 0 fully saturated rings. The van der Waals surface area contributed by atoms with Crippen molar-refractivity contribution in [1.29, 1.82) is 0 Å². The molecule has 0 saturated carbocycles. The Morgan fingerprint density at radius 1 is 1.12 bits per heavy atom. The minimum absolute atomic E-state index is 0.0305. The number of amides is 1. The summed E-state index contributed by atoms with van der Waals surface area (Å²) < 4.78 is 38.1. The van der Waals surface area contributed by atoms with Crippen molar-refractivity contribution >= 4 is 27.4 Å². The van der Waals surface area contributed by atoms with E-state index in [0.717, 1.165) is 12.0 Å². The lowest BCUT2D eigenvalue weighted by Crippen LogP contribution is -2.30. The summed E-state index contributed by atoms with van der Waals surface area (Å²) in [6.07, 6.45) is 0.224. The number of benzene rings is 2. The van der Waals surface area contributed by atoms with Crippen LogP contribution in [0.3, 0.4) is 0 Å². The first kappa shape index (κ1) is 23.3. The molecule has 1 heterocycles. The molecule has 1 aromatic heterocycles. The Kier molecular flexibility index (Phi) is 7.19. The fourth-order valence-electron chi connectivity index (χ4n) is 3.03. The van der Waals surface area contributed by atoms with Crippen LogP contribution in [0.1, 0.15) is 44.4 Å². The van der Waals surface area contributed by atoms with Gasteiger partial charge in [-0.3, -0.25) is 9.52 Å². The second kappa shape index (κ2) is 9.86.